The Morgan fingerprint density at radius 1 is 1.17 bits per heavy atom. The van der Waals surface area contributed by atoms with Crippen molar-refractivity contribution in [3.05, 3.63) is 29.8 Å². The van der Waals surface area contributed by atoms with Crippen LogP contribution in [0.2, 0.25) is 0 Å². The van der Waals surface area contributed by atoms with Crippen molar-refractivity contribution in [3.8, 4) is 5.75 Å². The summed E-state index contributed by atoms with van der Waals surface area (Å²) in [5.74, 6) is -0.00555. The molecule has 23 heavy (non-hydrogen) atoms. The first kappa shape index (κ1) is 19.0. The van der Waals surface area contributed by atoms with Gasteiger partial charge >= 0.3 is 11.8 Å². The second-order valence-electron chi connectivity index (χ2n) is 5.66. The molecule has 0 unspecified atom stereocenters. The summed E-state index contributed by atoms with van der Waals surface area (Å²) in [5.41, 5.74) is 0.889. The number of carbonyl (C=O) groups excluding carboxylic acids is 2. The van der Waals surface area contributed by atoms with Crippen molar-refractivity contribution in [2.24, 2.45) is 5.92 Å². The van der Waals surface area contributed by atoms with Crippen LogP contribution in [0.3, 0.4) is 0 Å². The smallest absolute Gasteiger partial charge is 0.309 e. The molecule has 0 heterocycles. The van der Waals surface area contributed by atoms with E-state index in [1.807, 2.05) is 24.3 Å². The second kappa shape index (κ2) is 10.6. The van der Waals surface area contributed by atoms with E-state index in [0.29, 0.717) is 19.0 Å². The fourth-order valence-electron chi connectivity index (χ4n) is 2.31. The van der Waals surface area contributed by atoms with E-state index in [4.69, 9.17) is 4.74 Å². The molecule has 0 aliphatic heterocycles. The lowest BCUT2D eigenvalue weighted by Crippen LogP contribution is -2.41. The van der Waals surface area contributed by atoms with E-state index in [0.717, 1.165) is 37.0 Å². The van der Waals surface area contributed by atoms with Crippen LogP contribution in [0, 0.1) is 5.92 Å². The van der Waals surface area contributed by atoms with Gasteiger partial charge in [0.05, 0.1) is 7.11 Å². The molecule has 0 bridgehead atoms. The Labute approximate surface area is 138 Å². The highest BCUT2D eigenvalue weighted by atomic mass is 16.5. The Hall–Kier alpha value is -2.04. The van der Waals surface area contributed by atoms with Crippen molar-refractivity contribution in [2.45, 2.75) is 46.1 Å². The minimum atomic E-state index is -0.599. The molecule has 2 amide bonds. The second-order valence-corrected chi connectivity index (χ2v) is 5.66. The molecule has 5 nitrogen and oxygen atoms in total. The van der Waals surface area contributed by atoms with Crippen LogP contribution >= 0.6 is 0 Å². The van der Waals surface area contributed by atoms with Crippen LogP contribution in [-0.4, -0.2) is 25.5 Å². The number of hydrogen-bond acceptors (Lipinski definition) is 3. The third-order valence-electron chi connectivity index (χ3n) is 3.89. The third kappa shape index (κ3) is 7.17. The van der Waals surface area contributed by atoms with Gasteiger partial charge in [0.2, 0.25) is 0 Å². The molecule has 0 aromatic heterocycles. The summed E-state index contributed by atoms with van der Waals surface area (Å²) in [6.45, 7) is 5.12. The highest BCUT2D eigenvalue weighted by Crippen LogP contribution is 2.12. The molecule has 0 radical (unpaired) electrons. The van der Waals surface area contributed by atoms with Gasteiger partial charge in [-0.1, -0.05) is 45.2 Å². The lowest BCUT2D eigenvalue weighted by atomic mass is 9.99. The predicted molar refractivity (Wildman–Crippen MR) is 91.2 cm³/mol. The van der Waals surface area contributed by atoms with Gasteiger partial charge in [-0.3, -0.25) is 9.59 Å². The van der Waals surface area contributed by atoms with E-state index in [-0.39, 0.29) is 0 Å². The van der Waals surface area contributed by atoms with E-state index in [9.17, 15) is 9.59 Å². The minimum absolute atomic E-state index is 0.302. The van der Waals surface area contributed by atoms with Crippen LogP contribution in [0.4, 0.5) is 0 Å². The van der Waals surface area contributed by atoms with E-state index in [1.54, 1.807) is 7.11 Å². The Bertz CT molecular complexity index is 503. The summed E-state index contributed by atoms with van der Waals surface area (Å²) in [5, 5.41) is 5.35. The monoisotopic (exact) mass is 320 g/mol. The van der Waals surface area contributed by atoms with Crippen LogP contribution in [-0.2, 0) is 16.1 Å². The summed E-state index contributed by atoms with van der Waals surface area (Å²) in [7, 11) is 1.59. The van der Waals surface area contributed by atoms with Crippen LogP contribution in [0.5, 0.6) is 5.75 Å². The Morgan fingerprint density at radius 3 is 2.57 bits per heavy atom. The minimum Gasteiger partial charge on any atom is -0.497 e. The number of benzene rings is 1. The average molecular weight is 320 g/mol. The summed E-state index contributed by atoms with van der Waals surface area (Å²) in [6.07, 6.45) is 4.38. The normalized spacial score (nSPS) is 11.6. The van der Waals surface area contributed by atoms with E-state index < -0.39 is 11.8 Å². The zero-order chi connectivity index (χ0) is 17.1. The standard InChI is InChI=1S/C18H28N2O3/c1-4-6-8-14(5-2)12-19-17(21)18(22)20-13-15-9-7-10-16(11-15)23-3/h7,9-11,14H,4-6,8,12-13H2,1-3H3,(H,19,21)(H,20,22)/t14-/m0/s1. The van der Waals surface area contributed by atoms with Gasteiger partial charge in [0.15, 0.2) is 0 Å². The molecule has 0 fully saturated rings. The third-order valence-corrected chi connectivity index (χ3v) is 3.89. The first-order valence-electron chi connectivity index (χ1n) is 8.29. The van der Waals surface area contributed by atoms with Crippen LogP contribution in [0.15, 0.2) is 24.3 Å². The molecule has 1 rings (SSSR count). The van der Waals surface area contributed by atoms with E-state index in [1.165, 1.54) is 0 Å². The summed E-state index contributed by atoms with van der Waals surface area (Å²) >= 11 is 0. The lowest BCUT2D eigenvalue weighted by molar-refractivity contribution is -0.139. The molecule has 1 aromatic carbocycles. The van der Waals surface area contributed by atoms with Gasteiger partial charge in [0, 0.05) is 13.1 Å². The van der Waals surface area contributed by atoms with Crippen molar-refractivity contribution in [3.63, 3.8) is 0 Å². The maximum absolute atomic E-state index is 11.8. The molecular formula is C18H28N2O3. The van der Waals surface area contributed by atoms with Crippen molar-refractivity contribution in [2.75, 3.05) is 13.7 Å². The Kier molecular flexibility index (Phi) is 8.80. The number of amides is 2. The molecule has 0 aliphatic carbocycles. The number of nitrogens with one attached hydrogen (secondary N) is 2. The molecule has 0 saturated carbocycles. The molecule has 128 valence electrons. The lowest BCUT2D eigenvalue weighted by Gasteiger charge is -2.15. The zero-order valence-electron chi connectivity index (χ0n) is 14.4. The van der Waals surface area contributed by atoms with Crippen molar-refractivity contribution >= 4 is 11.8 Å². The highest BCUT2D eigenvalue weighted by Gasteiger charge is 2.15. The maximum Gasteiger partial charge on any atom is 0.309 e. The van der Waals surface area contributed by atoms with Gasteiger partial charge in [0.25, 0.3) is 0 Å². The van der Waals surface area contributed by atoms with Gasteiger partial charge in [0.1, 0.15) is 5.75 Å². The largest absolute Gasteiger partial charge is 0.497 e. The fraction of sp³-hybridized carbons (Fsp3) is 0.556. The van der Waals surface area contributed by atoms with Gasteiger partial charge in [-0.05, 0) is 30.0 Å². The number of hydrogen-bond donors (Lipinski definition) is 2. The van der Waals surface area contributed by atoms with E-state index in [2.05, 4.69) is 24.5 Å². The number of rotatable bonds is 9. The molecule has 2 N–H and O–H groups in total. The SMILES string of the molecule is CCCC[C@H](CC)CNC(=O)C(=O)NCc1cccc(OC)c1. The quantitative estimate of drug-likeness (QED) is 0.687. The molecule has 0 saturated heterocycles. The number of carbonyl (C=O) groups is 2. The fourth-order valence-corrected chi connectivity index (χ4v) is 2.31. The summed E-state index contributed by atoms with van der Waals surface area (Å²) < 4.78 is 5.13. The molecule has 1 aromatic rings. The van der Waals surface area contributed by atoms with Crippen LogP contribution < -0.4 is 15.4 Å². The average Bonchev–Trinajstić information content (AvgIpc) is 2.59. The number of methoxy groups -OCH3 is 1. The number of unbranched alkanes of at least 4 members (excludes halogenated alkanes) is 1. The molecule has 0 aliphatic rings. The topological polar surface area (TPSA) is 67.4 Å². The maximum atomic E-state index is 11.8. The molecule has 5 heteroatoms. The summed E-state index contributed by atoms with van der Waals surface area (Å²) in [6, 6.07) is 7.38. The zero-order valence-corrected chi connectivity index (χ0v) is 14.4. The predicted octanol–water partition coefficient (Wildman–Crippen LogP) is 2.64. The van der Waals surface area contributed by atoms with Crippen LogP contribution in [0.1, 0.15) is 45.1 Å². The van der Waals surface area contributed by atoms with Gasteiger partial charge < -0.3 is 15.4 Å². The van der Waals surface area contributed by atoms with E-state index >= 15 is 0 Å². The van der Waals surface area contributed by atoms with Crippen molar-refractivity contribution in [1.82, 2.24) is 10.6 Å². The number of ether oxygens (including phenoxy) is 1. The first-order chi connectivity index (χ1) is 11.1. The van der Waals surface area contributed by atoms with Crippen molar-refractivity contribution < 1.29 is 14.3 Å². The highest BCUT2D eigenvalue weighted by molar-refractivity contribution is 6.35. The molecule has 0 spiro atoms. The van der Waals surface area contributed by atoms with Gasteiger partial charge in [-0.2, -0.15) is 0 Å². The molecule has 1 atom stereocenters. The first-order valence-corrected chi connectivity index (χ1v) is 8.29. The molecular weight excluding hydrogens is 292 g/mol. The van der Waals surface area contributed by atoms with Crippen molar-refractivity contribution in [1.29, 1.82) is 0 Å². The summed E-state index contributed by atoms with van der Waals surface area (Å²) in [4.78, 5) is 23.7. The van der Waals surface area contributed by atoms with Gasteiger partial charge in [-0.25, -0.2) is 0 Å². The Morgan fingerprint density at radius 2 is 1.91 bits per heavy atom. The van der Waals surface area contributed by atoms with Crippen LogP contribution in [0.25, 0.3) is 0 Å². The Balaban J connectivity index is 2.37. The van der Waals surface area contributed by atoms with Gasteiger partial charge in [-0.15, -0.1) is 0 Å².